The lowest BCUT2D eigenvalue weighted by molar-refractivity contribution is 0.0520. The number of aryl methyl sites for hydroxylation is 1. The van der Waals surface area contributed by atoms with Crippen molar-refractivity contribution in [3.05, 3.63) is 95.1 Å². The van der Waals surface area contributed by atoms with Crippen molar-refractivity contribution < 1.29 is 19.0 Å². The van der Waals surface area contributed by atoms with Crippen LogP contribution in [0.5, 0.6) is 11.5 Å². The quantitative estimate of drug-likeness (QED) is 0.499. The number of benzene rings is 3. The molecule has 0 aromatic heterocycles. The van der Waals surface area contributed by atoms with E-state index in [9.17, 15) is 4.79 Å². The predicted octanol–water partition coefficient (Wildman–Crippen LogP) is 5.33. The lowest BCUT2D eigenvalue weighted by Gasteiger charge is -2.16. The Kier molecular flexibility index (Phi) is 6.68. The third-order valence-corrected chi connectivity index (χ3v) is 4.24. The van der Waals surface area contributed by atoms with Crippen molar-refractivity contribution in [1.82, 2.24) is 0 Å². The Morgan fingerprint density at radius 1 is 0.821 bits per heavy atom. The molecule has 0 unspecified atom stereocenters. The normalized spacial score (nSPS) is 10.4. The van der Waals surface area contributed by atoms with Gasteiger partial charge in [-0.25, -0.2) is 4.79 Å². The maximum atomic E-state index is 12.4. The molecule has 4 nitrogen and oxygen atoms in total. The molecule has 0 atom stereocenters. The van der Waals surface area contributed by atoms with Crippen LogP contribution in [-0.4, -0.2) is 12.6 Å². The molecule has 0 saturated heterocycles. The molecule has 4 heteroatoms. The molecular weight excluding hydrogens is 352 g/mol. The molecule has 0 aliphatic heterocycles. The van der Waals surface area contributed by atoms with Gasteiger partial charge in [0.1, 0.15) is 30.3 Å². The molecule has 3 aromatic carbocycles. The second-order valence-corrected chi connectivity index (χ2v) is 6.38. The fraction of sp³-hybridized carbons (Fsp3) is 0.208. The van der Waals surface area contributed by atoms with Crippen molar-refractivity contribution >= 4 is 5.97 Å². The second-order valence-electron chi connectivity index (χ2n) is 6.38. The minimum absolute atomic E-state index is 0.308. The summed E-state index contributed by atoms with van der Waals surface area (Å²) in [5.74, 6) is 0.723. The Morgan fingerprint density at radius 2 is 1.39 bits per heavy atom. The van der Waals surface area contributed by atoms with E-state index in [1.807, 2.05) is 73.7 Å². The van der Waals surface area contributed by atoms with Gasteiger partial charge in [-0.2, -0.15) is 0 Å². The average molecular weight is 376 g/mol. The van der Waals surface area contributed by atoms with Crippen molar-refractivity contribution in [1.29, 1.82) is 0 Å². The van der Waals surface area contributed by atoms with Crippen molar-refractivity contribution in [3.8, 4) is 11.5 Å². The molecule has 0 bridgehead atoms. The number of hydrogen-bond donors (Lipinski definition) is 0. The SMILES string of the molecule is CCOC(=O)c1c(C)cc(OCc2ccccc2)cc1OCc1ccccc1. The van der Waals surface area contributed by atoms with E-state index in [1.165, 1.54) is 0 Å². The summed E-state index contributed by atoms with van der Waals surface area (Å²) in [5.41, 5.74) is 3.28. The van der Waals surface area contributed by atoms with Gasteiger partial charge in [-0.15, -0.1) is 0 Å². The molecule has 0 heterocycles. The summed E-state index contributed by atoms with van der Waals surface area (Å²) in [6.45, 7) is 4.75. The molecule has 144 valence electrons. The van der Waals surface area contributed by atoms with E-state index in [4.69, 9.17) is 14.2 Å². The highest BCUT2D eigenvalue weighted by molar-refractivity contribution is 5.94. The van der Waals surface area contributed by atoms with Crippen LogP contribution in [0, 0.1) is 6.92 Å². The summed E-state index contributed by atoms with van der Waals surface area (Å²) in [4.78, 5) is 12.4. The maximum Gasteiger partial charge on any atom is 0.342 e. The molecule has 28 heavy (non-hydrogen) atoms. The van der Waals surface area contributed by atoms with E-state index in [0.717, 1.165) is 16.7 Å². The van der Waals surface area contributed by atoms with Crippen LogP contribution in [0.3, 0.4) is 0 Å². The monoisotopic (exact) mass is 376 g/mol. The van der Waals surface area contributed by atoms with E-state index in [2.05, 4.69) is 0 Å². The standard InChI is InChI=1S/C24H24O4/c1-3-26-24(25)23-18(2)14-21(27-16-19-10-6-4-7-11-19)15-22(23)28-17-20-12-8-5-9-13-20/h4-15H,3,16-17H2,1-2H3. The van der Waals surface area contributed by atoms with Crippen LogP contribution in [0.2, 0.25) is 0 Å². The minimum Gasteiger partial charge on any atom is -0.489 e. The average Bonchev–Trinajstić information content (AvgIpc) is 2.72. The first-order valence-corrected chi connectivity index (χ1v) is 9.32. The van der Waals surface area contributed by atoms with Gasteiger partial charge in [0, 0.05) is 6.07 Å². The summed E-state index contributed by atoms with van der Waals surface area (Å²) in [5, 5.41) is 0. The molecule has 3 rings (SSSR count). The van der Waals surface area contributed by atoms with Gasteiger partial charge in [0.05, 0.1) is 6.61 Å². The summed E-state index contributed by atoms with van der Waals surface area (Å²) in [6, 6.07) is 23.3. The Labute approximate surface area is 165 Å². The van der Waals surface area contributed by atoms with Crippen LogP contribution in [0.15, 0.2) is 72.8 Å². The molecule has 0 spiro atoms. The molecule has 0 aliphatic rings. The number of esters is 1. The largest absolute Gasteiger partial charge is 0.489 e. The Hall–Kier alpha value is -3.27. The molecule has 0 aliphatic carbocycles. The molecule has 0 saturated carbocycles. The van der Waals surface area contributed by atoms with Gasteiger partial charge in [0.25, 0.3) is 0 Å². The zero-order valence-electron chi connectivity index (χ0n) is 16.2. The van der Waals surface area contributed by atoms with Gasteiger partial charge in [0.15, 0.2) is 0 Å². The third-order valence-electron chi connectivity index (χ3n) is 4.24. The maximum absolute atomic E-state index is 12.4. The van der Waals surface area contributed by atoms with E-state index < -0.39 is 5.97 Å². The fourth-order valence-corrected chi connectivity index (χ4v) is 2.86. The van der Waals surface area contributed by atoms with Gasteiger partial charge in [0.2, 0.25) is 0 Å². The highest BCUT2D eigenvalue weighted by Gasteiger charge is 2.19. The highest BCUT2D eigenvalue weighted by atomic mass is 16.5. The predicted molar refractivity (Wildman–Crippen MR) is 109 cm³/mol. The first kappa shape index (κ1) is 19.5. The first-order chi connectivity index (χ1) is 13.7. The van der Waals surface area contributed by atoms with Crippen LogP contribution in [-0.2, 0) is 18.0 Å². The van der Waals surface area contributed by atoms with Crippen molar-refractivity contribution in [2.45, 2.75) is 27.1 Å². The van der Waals surface area contributed by atoms with E-state index in [-0.39, 0.29) is 0 Å². The minimum atomic E-state index is -0.391. The molecule has 0 amide bonds. The van der Waals surface area contributed by atoms with E-state index in [1.54, 1.807) is 13.0 Å². The van der Waals surface area contributed by atoms with Gasteiger partial charge in [-0.3, -0.25) is 0 Å². The van der Waals surface area contributed by atoms with Crippen LogP contribution >= 0.6 is 0 Å². The number of carbonyl (C=O) groups excluding carboxylic acids is 1. The molecular formula is C24H24O4. The fourth-order valence-electron chi connectivity index (χ4n) is 2.86. The van der Waals surface area contributed by atoms with Crippen LogP contribution in [0.25, 0.3) is 0 Å². The molecule has 0 fully saturated rings. The molecule has 0 radical (unpaired) electrons. The van der Waals surface area contributed by atoms with Crippen molar-refractivity contribution in [2.75, 3.05) is 6.61 Å². The zero-order valence-corrected chi connectivity index (χ0v) is 16.2. The summed E-state index contributed by atoms with van der Waals surface area (Å²) < 4.78 is 17.1. The topological polar surface area (TPSA) is 44.8 Å². The van der Waals surface area contributed by atoms with Gasteiger partial charge >= 0.3 is 5.97 Å². The smallest absolute Gasteiger partial charge is 0.342 e. The Bertz CT molecular complexity index is 905. The molecule has 3 aromatic rings. The third kappa shape index (κ3) is 5.13. The van der Waals surface area contributed by atoms with Crippen LogP contribution < -0.4 is 9.47 Å². The lowest BCUT2D eigenvalue weighted by Crippen LogP contribution is -2.10. The number of hydrogen-bond acceptors (Lipinski definition) is 4. The Balaban J connectivity index is 1.83. The zero-order chi connectivity index (χ0) is 19.8. The van der Waals surface area contributed by atoms with Crippen LogP contribution in [0.4, 0.5) is 0 Å². The second kappa shape index (κ2) is 9.60. The number of rotatable bonds is 8. The Morgan fingerprint density at radius 3 is 1.96 bits per heavy atom. The molecule has 0 N–H and O–H groups in total. The first-order valence-electron chi connectivity index (χ1n) is 9.32. The lowest BCUT2D eigenvalue weighted by atomic mass is 10.1. The van der Waals surface area contributed by atoms with Crippen LogP contribution in [0.1, 0.15) is 34.0 Å². The summed E-state index contributed by atoms with van der Waals surface area (Å²) in [6.07, 6.45) is 0. The summed E-state index contributed by atoms with van der Waals surface area (Å²) >= 11 is 0. The number of ether oxygens (including phenoxy) is 3. The van der Waals surface area contributed by atoms with Gasteiger partial charge in [-0.1, -0.05) is 60.7 Å². The van der Waals surface area contributed by atoms with Crippen molar-refractivity contribution in [3.63, 3.8) is 0 Å². The highest BCUT2D eigenvalue weighted by Crippen LogP contribution is 2.30. The van der Waals surface area contributed by atoms with Gasteiger partial charge < -0.3 is 14.2 Å². The van der Waals surface area contributed by atoms with E-state index >= 15 is 0 Å². The summed E-state index contributed by atoms with van der Waals surface area (Å²) in [7, 11) is 0. The van der Waals surface area contributed by atoms with Gasteiger partial charge in [-0.05, 0) is 36.6 Å². The number of carbonyl (C=O) groups is 1. The van der Waals surface area contributed by atoms with Crippen molar-refractivity contribution in [2.24, 2.45) is 0 Å². The van der Waals surface area contributed by atoms with E-state index in [0.29, 0.717) is 36.9 Å².